The number of nitrogens with zero attached hydrogens (tertiary/aromatic N) is 2. The molecule has 0 bridgehead atoms. The third-order valence-corrected chi connectivity index (χ3v) is 2.32. The minimum absolute atomic E-state index is 0.593. The first-order valence-electron chi connectivity index (χ1n) is 4.72. The molecular formula is C13H10N2. The molecule has 2 heteroatoms. The highest BCUT2D eigenvalue weighted by Gasteiger charge is 2.01. The Balaban J connectivity index is 2.55. The van der Waals surface area contributed by atoms with Gasteiger partial charge in [0.25, 0.3) is 0 Å². The summed E-state index contributed by atoms with van der Waals surface area (Å²) in [6.07, 6.45) is 3.35. The maximum absolute atomic E-state index is 8.79. The van der Waals surface area contributed by atoms with Gasteiger partial charge in [0.2, 0.25) is 0 Å². The third-order valence-electron chi connectivity index (χ3n) is 2.32. The van der Waals surface area contributed by atoms with Gasteiger partial charge >= 0.3 is 0 Å². The molecule has 0 fully saturated rings. The molecule has 0 amide bonds. The second-order valence-corrected chi connectivity index (χ2v) is 3.39. The van der Waals surface area contributed by atoms with Gasteiger partial charge < -0.3 is 0 Å². The molecule has 0 aliphatic rings. The second-order valence-electron chi connectivity index (χ2n) is 3.39. The van der Waals surface area contributed by atoms with E-state index in [4.69, 9.17) is 5.26 Å². The average molecular weight is 194 g/mol. The van der Waals surface area contributed by atoms with Gasteiger partial charge in [0.05, 0.1) is 5.56 Å². The van der Waals surface area contributed by atoms with E-state index in [1.54, 1.807) is 12.4 Å². The van der Waals surface area contributed by atoms with Gasteiger partial charge in [0.15, 0.2) is 0 Å². The van der Waals surface area contributed by atoms with Crippen molar-refractivity contribution >= 4 is 0 Å². The van der Waals surface area contributed by atoms with Crippen molar-refractivity contribution in [2.24, 2.45) is 0 Å². The summed E-state index contributed by atoms with van der Waals surface area (Å²) in [5, 5.41) is 8.79. The van der Waals surface area contributed by atoms with Gasteiger partial charge in [-0.2, -0.15) is 5.26 Å². The maximum Gasteiger partial charge on any atom is 0.101 e. The summed E-state index contributed by atoms with van der Waals surface area (Å²) < 4.78 is 0. The smallest absolute Gasteiger partial charge is 0.101 e. The van der Waals surface area contributed by atoms with E-state index in [0.29, 0.717) is 5.56 Å². The molecular weight excluding hydrogens is 184 g/mol. The zero-order chi connectivity index (χ0) is 10.7. The standard InChI is InChI=1S/C13H10N2/c1-10-4-2-3-5-13(10)12-6-11(7-14)8-15-9-12/h2-6,8-9H,1H3. The Hall–Kier alpha value is -2.14. The first-order chi connectivity index (χ1) is 7.31. The quantitative estimate of drug-likeness (QED) is 0.699. The van der Waals surface area contributed by atoms with Crippen molar-refractivity contribution in [3.05, 3.63) is 53.9 Å². The van der Waals surface area contributed by atoms with E-state index in [1.807, 2.05) is 37.3 Å². The molecule has 2 aromatic rings. The van der Waals surface area contributed by atoms with Crippen molar-refractivity contribution < 1.29 is 0 Å². The summed E-state index contributed by atoms with van der Waals surface area (Å²) in [4.78, 5) is 4.05. The fourth-order valence-electron chi connectivity index (χ4n) is 1.55. The lowest BCUT2D eigenvalue weighted by atomic mass is 10.0. The van der Waals surface area contributed by atoms with Crippen LogP contribution in [0.5, 0.6) is 0 Å². The molecule has 0 atom stereocenters. The normalized spacial score (nSPS) is 9.60. The van der Waals surface area contributed by atoms with Crippen molar-refractivity contribution in [3.8, 4) is 17.2 Å². The average Bonchev–Trinajstić information content (AvgIpc) is 2.30. The molecule has 2 nitrogen and oxygen atoms in total. The third kappa shape index (κ3) is 1.87. The van der Waals surface area contributed by atoms with Crippen molar-refractivity contribution in [3.63, 3.8) is 0 Å². The van der Waals surface area contributed by atoms with Crippen LogP contribution in [0, 0.1) is 18.3 Å². The molecule has 1 aromatic heterocycles. The molecule has 0 radical (unpaired) electrons. The molecule has 1 aromatic carbocycles. The molecule has 2 rings (SSSR count). The highest BCUT2D eigenvalue weighted by molar-refractivity contribution is 5.67. The molecule has 0 aliphatic carbocycles. The van der Waals surface area contributed by atoms with Gasteiger partial charge in [0.1, 0.15) is 6.07 Å². The number of pyridine rings is 1. The topological polar surface area (TPSA) is 36.7 Å². The molecule has 0 saturated carbocycles. The summed E-state index contributed by atoms with van der Waals surface area (Å²) in [5.41, 5.74) is 3.90. The Morgan fingerprint density at radius 1 is 1.20 bits per heavy atom. The predicted octanol–water partition coefficient (Wildman–Crippen LogP) is 2.93. The van der Waals surface area contributed by atoms with Crippen molar-refractivity contribution in [2.45, 2.75) is 6.92 Å². The van der Waals surface area contributed by atoms with E-state index >= 15 is 0 Å². The van der Waals surface area contributed by atoms with Gasteiger partial charge in [-0.1, -0.05) is 24.3 Å². The highest BCUT2D eigenvalue weighted by atomic mass is 14.6. The Kier molecular flexibility index (Phi) is 2.47. The molecule has 0 aliphatic heterocycles. The Morgan fingerprint density at radius 3 is 2.73 bits per heavy atom. The van der Waals surface area contributed by atoms with E-state index in [2.05, 4.69) is 11.1 Å². The lowest BCUT2D eigenvalue weighted by molar-refractivity contribution is 1.29. The number of rotatable bonds is 1. The first-order valence-corrected chi connectivity index (χ1v) is 4.72. The van der Waals surface area contributed by atoms with Gasteiger partial charge in [-0.3, -0.25) is 4.98 Å². The largest absolute Gasteiger partial charge is 0.263 e. The van der Waals surface area contributed by atoms with Crippen LogP contribution in [0.3, 0.4) is 0 Å². The summed E-state index contributed by atoms with van der Waals surface area (Å²) in [7, 11) is 0. The summed E-state index contributed by atoms with van der Waals surface area (Å²) in [6.45, 7) is 2.05. The Labute approximate surface area is 88.8 Å². The number of hydrogen-bond donors (Lipinski definition) is 0. The Morgan fingerprint density at radius 2 is 2.00 bits per heavy atom. The minimum Gasteiger partial charge on any atom is -0.263 e. The van der Waals surface area contributed by atoms with Crippen LogP contribution in [-0.4, -0.2) is 4.98 Å². The number of hydrogen-bond acceptors (Lipinski definition) is 2. The van der Waals surface area contributed by atoms with E-state index in [1.165, 1.54) is 5.56 Å². The lowest BCUT2D eigenvalue weighted by Gasteiger charge is -2.04. The van der Waals surface area contributed by atoms with Gasteiger partial charge in [-0.15, -0.1) is 0 Å². The van der Waals surface area contributed by atoms with Crippen LogP contribution < -0.4 is 0 Å². The van der Waals surface area contributed by atoms with E-state index < -0.39 is 0 Å². The molecule has 0 saturated heterocycles. The zero-order valence-electron chi connectivity index (χ0n) is 8.44. The lowest BCUT2D eigenvalue weighted by Crippen LogP contribution is -1.85. The van der Waals surface area contributed by atoms with Crippen LogP contribution >= 0.6 is 0 Å². The van der Waals surface area contributed by atoms with Crippen LogP contribution in [0.25, 0.3) is 11.1 Å². The zero-order valence-corrected chi connectivity index (χ0v) is 8.44. The highest BCUT2D eigenvalue weighted by Crippen LogP contribution is 2.22. The SMILES string of the molecule is Cc1ccccc1-c1cncc(C#N)c1. The van der Waals surface area contributed by atoms with Crippen LogP contribution in [0.4, 0.5) is 0 Å². The van der Waals surface area contributed by atoms with Gasteiger partial charge in [-0.25, -0.2) is 0 Å². The molecule has 0 N–H and O–H groups in total. The summed E-state index contributed by atoms with van der Waals surface area (Å²) >= 11 is 0. The summed E-state index contributed by atoms with van der Waals surface area (Å²) in [6, 6.07) is 12.0. The van der Waals surface area contributed by atoms with Gasteiger partial charge in [0, 0.05) is 18.0 Å². The number of aryl methyl sites for hydroxylation is 1. The molecule has 0 unspecified atom stereocenters. The van der Waals surface area contributed by atoms with Crippen LogP contribution in [0.2, 0.25) is 0 Å². The fourth-order valence-corrected chi connectivity index (χ4v) is 1.55. The predicted molar refractivity (Wildman–Crippen MR) is 59.1 cm³/mol. The number of nitriles is 1. The van der Waals surface area contributed by atoms with Crippen LogP contribution in [-0.2, 0) is 0 Å². The molecule has 1 heterocycles. The Bertz CT molecular complexity index is 524. The monoisotopic (exact) mass is 194 g/mol. The van der Waals surface area contributed by atoms with Crippen molar-refractivity contribution in [1.29, 1.82) is 5.26 Å². The maximum atomic E-state index is 8.79. The minimum atomic E-state index is 0.593. The molecule has 72 valence electrons. The van der Waals surface area contributed by atoms with Crippen LogP contribution in [0.15, 0.2) is 42.7 Å². The number of benzene rings is 1. The molecule has 0 spiro atoms. The van der Waals surface area contributed by atoms with Crippen molar-refractivity contribution in [1.82, 2.24) is 4.98 Å². The number of aromatic nitrogens is 1. The molecule has 15 heavy (non-hydrogen) atoms. The van der Waals surface area contributed by atoms with E-state index in [9.17, 15) is 0 Å². The first kappa shape index (κ1) is 9.42. The second kappa shape index (κ2) is 3.93. The van der Waals surface area contributed by atoms with E-state index in [-0.39, 0.29) is 0 Å². The summed E-state index contributed by atoms with van der Waals surface area (Å²) in [5.74, 6) is 0. The van der Waals surface area contributed by atoms with Gasteiger partial charge in [-0.05, 0) is 24.1 Å². The van der Waals surface area contributed by atoms with Crippen LogP contribution in [0.1, 0.15) is 11.1 Å². The fraction of sp³-hybridized carbons (Fsp3) is 0.0769. The van der Waals surface area contributed by atoms with E-state index in [0.717, 1.165) is 11.1 Å². The van der Waals surface area contributed by atoms with Crippen molar-refractivity contribution in [2.75, 3.05) is 0 Å².